The second-order valence-corrected chi connectivity index (χ2v) is 5.79. The van der Waals surface area contributed by atoms with E-state index in [0.29, 0.717) is 6.04 Å². The molecule has 0 saturated carbocycles. The van der Waals surface area contributed by atoms with Crippen molar-refractivity contribution >= 4 is 0 Å². The summed E-state index contributed by atoms with van der Waals surface area (Å²) in [7, 11) is 0. The second-order valence-electron chi connectivity index (χ2n) is 5.79. The predicted octanol–water partition coefficient (Wildman–Crippen LogP) is 3.68. The zero-order valence-corrected chi connectivity index (χ0v) is 11.1. The molecule has 1 N–H and O–H groups in total. The van der Waals surface area contributed by atoms with Gasteiger partial charge in [-0.3, -0.25) is 0 Å². The molecule has 0 aromatic heterocycles. The van der Waals surface area contributed by atoms with Gasteiger partial charge in [-0.1, -0.05) is 18.6 Å². The van der Waals surface area contributed by atoms with E-state index in [4.69, 9.17) is 4.74 Å². The SMILES string of the molecule is CC(C)(C)Oc1ccc([C@H]2CCCCN2)cc1. The van der Waals surface area contributed by atoms with Crippen LogP contribution in [0.3, 0.4) is 0 Å². The summed E-state index contributed by atoms with van der Waals surface area (Å²) in [5.74, 6) is 0.956. The van der Waals surface area contributed by atoms with Gasteiger partial charge in [-0.05, 0) is 57.9 Å². The minimum atomic E-state index is -0.120. The molecule has 94 valence electrons. The van der Waals surface area contributed by atoms with Gasteiger partial charge in [-0.25, -0.2) is 0 Å². The maximum absolute atomic E-state index is 5.82. The summed E-state index contributed by atoms with van der Waals surface area (Å²) >= 11 is 0. The Kier molecular flexibility index (Phi) is 3.72. The molecular weight excluding hydrogens is 210 g/mol. The zero-order chi connectivity index (χ0) is 12.3. The molecule has 0 spiro atoms. The Morgan fingerprint density at radius 1 is 1.12 bits per heavy atom. The van der Waals surface area contributed by atoms with Crippen molar-refractivity contribution < 1.29 is 4.74 Å². The minimum absolute atomic E-state index is 0.120. The summed E-state index contributed by atoms with van der Waals surface area (Å²) in [5.41, 5.74) is 1.26. The molecule has 0 amide bonds. The van der Waals surface area contributed by atoms with Crippen molar-refractivity contribution in [1.29, 1.82) is 0 Å². The molecule has 2 heteroatoms. The second kappa shape index (κ2) is 5.09. The van der Waals surface area contributed by atoms with E-state index < -0.39 is 0 Å². The first kappa shape index (κ1) is 12.4. The summed E-state index contributed by atoms with van der Waals surface area (Å²) in [6.07, 6.45) is 3.89. The van der Waals surface area contributed by atoms with Crippen LogP contribution in [-0.2, 0) is 0 Å². The van der Waals surface area contributed by atoms with Crippen LogP contribution in [0.2, 0.25) is 0 Å². The number of ether oxygens (including phenoxy) is 1. The zero-order valence-electron chi connectivity index (χ0n) is 11.1. The van der Waals surface area contributed by atoms with Crippen LogP contribution in [-0.4, -0.2) is 12.1 Å². The van der Waals surface area contributed by atoms with E-state index in [1.54, 1.807) is 0 Å². The van der Waals surface area contributed by atoms with Gasteiger partial charge in [0.05, 0.1) is 0 Å². The molecule has 1 aromatic rings. The van der Waals surface area contributed by atoms with Crippen LogP contribution in [0.15, 0.2) is 24.3 Å². The van der Waals surface area contributed by atoms with Gasteiger partial charge in [-0.2, -0.15) is 0 Å². The lowest BCUT2D eigenvalue weighted by Crippen LogP contribution is -2.26. The minimum Gasteiger partial charge on any atom is -0.488 e. The first-order chi connectivity index (χ1) is 8.04. The summed E-state index contributed by atoms with van der Waals surface area (Å²) < 4.78 is 5.82. The highest BCUT2D eigenvalue weighted by Crippen LogP contribution is 2.25. The van der Waals surface area contributed by atoms with Gasteiger partial charge in [0.2, 0.25) is 0 Å². The fourth-order valence-corrected chi connectivity index (χ4v) is 2.26. The summed E-state index contributed by atoms with van der Waals surface area (Å²) in [6, 6.07) is 9.06. The smallest absolute Gasteiger partial charge is 0.120 e. The van der Waals surface area contributed by atoms with E-state index in [2.05, 4.69) is 50.4 Å². The molecule has 0 aliphatic carbocycles. The monoisotopic (exact) mass is 233 g/mol. The molecule has 1 fully saturated rings. The van der Waals surface area contributed by atoms with Crippen molar-refractivity contribution in [2.45, 2.75) is 51.7 Å². The lowest BCUT2D eigenvalue weighted by Gasteiger charge is -2.25. The molecule has 2 rings (SSSR count). The Balaban J connectivity index is 2.02. The van der Waals surface area contributed by atoms with E-state index in [1.165, 1.54) is 24.8 Å². The number of hydrogen-bond donors (Lipinski definition) is 1. The average molecular weight is 233 g/mol. The van der Waals surface area contributed by atoms with Crippen LogP contribution < -0.4 is 10.1 Å². The molecule has 1 heterocycles. The Bertz CT molecular complexity index is 344. The van der Waals surface area contributed by atoms with Crippen molar-refractivity contribution in [3.05, 3.63) is 29.8 Å². The van der Waals surface area contributed by atoms with Gasteiger partial charge >= 0.3 is 0 Å². The standard InChI is InChI=1S/C15H23NO/c1-15(2,3)17-13-9-7-12(8-10-13)14-6-4-5-11-16-14/h7-10,14,16H,4-6,11H2,1-3H3/t14-/m1/s1. The molecule has 1 aliphatic rings. The van der Waals surface area contributed by atoms with Crippen molar-refractivity contribution in [1.82, 2.24) is 5.32 Å². The normalized spacial score (nSPS) is 21.2. The molecule has 17 heavy (non-hydrogen) atoms. The van der Waals surface area contributed by atoms with Crippen LogP contribution in [0.4, 0.5) is 0 Å². The van der Waals surface area contributed by atoms with Gasteiger partial charge in [0, 0.05) is 6.04 Å². The van der Waals surface area contributed by atoms with E-state index >= 15 is 0 Å². The number of benzene rings is 1. The fourth-order valence-electron chi connectivity index (χ4n) is 2.26. The number of rotatable bonds is 2. The third kappa shape index (κ3) is 3.74. The van der Waals surface area contributed by atoms with Crippen LogP contribution in [0.5, 0.6) is 5.75 Å². The Morgan fingerprint density at radius 3 is 2.35 bits per heavy atom. The Hall–Kier alpha value is -1.02. The Morgan fingerprint density at radius 2 is 1.82 bits per heavy atom. The summed E-state index contributed by atoms with van der Waals surface area (Å²) in [5, 5.41) is 3.56. The highest BCUT2D eigenvalue weighted by Gasteiger charge is 2.15. The van der Waals surface area contributed by atoms with Crippen LogP contribution in [0, 0.1) is 0 Å². The first-order valence-corrected chi connectivity index (χ1v) is 6.57. The van der Waals surface area contributed by atoms with Crippen molar-refractivity contribution in [3.8, 4) is 5.75 Å². The fraction of sp³-hybridized carbons (Fsp3) is 0.600. The lowest BCUT2D eigenvalue weighted by atomic mass is 9.97. The molecule has 1 aliphatic heterocycles. The summed E-state index contributed by atoms with van der Waals surface area (Å²) in [4.78, 5) is 0. The van der Waals surface area contributed by atoms with Gasteiger partial charge in [0.25, 0.3) is 0 Å². The van der Waals surface area contributed by atoms with E-state index in [0.717, 1.165) is 12.3 Å². The van der Waals surface area contributed by atoms with E-state index in [-0.39, 0.29) is 5.60 Å². The largest absolute Gasteiger partial charge is 0.488 e. The maximum atomic E-state index is 5.82. The van der Waals surface area contributed by atoms with E-state index in [9.17, 15) is 0 Å². The maximum Gasteiger partial charge on any atom is 0.120 e. The highest BCUT2D eigenvalue weighted by atomic mass is 16.5. The molecule has 0 bridgehead atoms. The van der Waals surface area contributed by atoms with Gasteiger partial charge < -0.3 is 10.1 Å². The number of nitrogens with one attached hydrogen (secondary N) is 1. The molecule has 1 aromatic carbocycles. The molecular formula is C15H23NO. The summed E-state index contributed by atoms with van der Waals surface area (Å²) in [6.45, 7) is 7.36. The highest BCUT2D eigenvalue weighted by molar-refractivity contribution is 5.29. The topological polar surface area (TPSA) is 21.3 Å². The quantitative estimate of drug-likeness (QED) is 0.841. The molecule has 2 nitrogen and oxygen atoms in total. The molecule has 1 saturated heterocycles. The van der Waals surface area contributed by atoms with Gasteiger partial charge in [0.15, 0.2) is 0 Å². The van der Waals surface area contributed by atoms with Crippen LogP contribution in [0.25, 0.3) is 0 Å². The van der Waals surface area contributed by atoms with Crippen molar-refractivity contribution in [3.63, 3.8) is 0 Å². The Labute approximate surface area is 104 Å². The van der Waals surface area contributed by atoms with Crippen molar-refractivity contribution in [2.24, 2.45) is 0 Å². The lowest BCUT2D eigenvalue weighted by molar-refractivity contribution is 0.131. The third-order valence-electron chi connectivity index (χ3n) is 3.02. The van der Waals surface area contributed by atoms with Gasteiger partial charge in [0.1, 0.15) is 11.4 Å². The molecule has 0 radical (unpaired) electrons. The van der Waals surface area contributed by atoms with Crippen molar-refractivity contribution in [2.75, 3.05) is 6.54 Å². The average Bonchev–Trinajstić information content (AvgIpc) is 2.29. The van der Waals surface area contributed by atoms with E-state index in [1.807, 2.05) is 0 Å². The first-order valence-electron chi connectivity index (χ1n) is 6.57. The number of piperidine rings is 1. The molecule has 1 atom stereocenters. The molecule has 0 unspecified atom stereocenters. The predicted molar refractivity (Wildman–Crippen MR) is 71.4 cm³/mol. The van der Waals surface area contributed by atoms with Gasteiger partial charge in [-0.15, -0.1) is 0 Å². The van der Waals surface area contributed by atoms with Crippen LogP contribution in [0.1, 0.15) is 51.6 Å². The van der Waals surface area contributed by atoms with Crippen LogP contribution >= 0.6 is 0 Å². The third-order valence-corrected chi connectivity index (χ3v) is 3.02. The number of hydrogen-bond acceptors (Lipinski definition) is 2.